The zero-order valence-corrected chi connectivity index (χ0v) is 14.7. The van der Waals surface area contributed by atoms with Crippen LogP contribution in [0, 0.1) is 5.92 Å². The van der Waals surface area contributed by atoms with Crippen LogP contribution in [0.2, 0.25) is 0 Å². The van der Waals surface area contributed by atoms with Gasteiger partial charge in [0.1, 0.15) is 5.69 Å². The number of carbonyl (C=O) groups is 1. The Balaban J connectivity index is 1.64. The van der Waals surface area contributed by atoms with Crippen molar-refractivity contribution in [1.82, 2.24) is 14.9 Å². The molecule has 0 unspecified atom stereocenters. The predicted octanol–water partition coefficient (Wildman–Crippen LogP) is 3.13. The van der Waals surface area contributed by atoms with Crippen molar-refractivity contribution in [3.8, 4) is 0 Å². The van der Waals surface area contributed by atoms with Crippen LogP contribution in [0.5, 0.6) is 0 Å². The van der Waals surface area contributed by atoms with E-state index in [9.17, 15) is 4.79 Å². The lowest BCUT2D eigenvalue weighted by Crippen LogP contribution is -2.30. The molecule has 1 aromatic carbocycles. The Kier molecular flexibility index (Phi) is 4.63. The molecule has 0 aliphatic carbocycles. The van der Waals surface area contributed by atoms with Crippen molar-refractivity contribution in [2.75, 3.05) is 26.8 Å². The van der Waals surface area contributed by atoms with E-state index in [1.165, 1.54) is 5.56 Å². The van der Waals surface area contributed by atoms with Crippen LogP contribution in [0.1, 0.15) is 22.0 Å². The highest BCUT2D eigenvalue weighted by molar-refractivity contribution is 6.05. The number of hydrogen-bond donors (Lipinski definition) is 0. The van der Waals surface area contributed by atoms with Crippen LogP contribution in [-0.2, 0) is 4.74 Å². The molecule has 5 heteroatoms. The maximum Gasteiger partial charge on any atom is 0.273 e. The summed E-state index contributed by atoms with van der Waals surface area (Å²) in [6.07, 6.45) is 5.31. The fourth-order valence-corrected chi connectivity index (χ4v) is 3.85. The van der Waals surface area contributed by atoms with E-state index in [4.69, 9.17) is 4.74 Å². The predicted molar refractivity (Wildman–Crippen MR) is 100.0 cm³/mol. The first-order valence-corrected chi connectivity index (χ1v) is 8.80. The summed E-state index contributed by atoms with van der Waals surface area (Å²) in [7, 11) is 1.71. The standard InChI is InChI=1S/C21H21N3O2/c1-26-14-17-12-24(13-19(17)16-6-9-22-10-7-16)21(25)20-18-5-3-2-4-15(18)8-11-23-20/h2-11,17,19H,12-14H2,1H3/t17-,19-/m0/s1. The molecule has 132 valence electrons. The minimum atomic E-state index is -0.0144. The molecule has 4 rings (SSSR count). The molecule has 26 heavy (non-hydrogen) atoms. The summed E-state index contributed by atoms with van der Waals surface area (Å²) in [5.74, 6) is 0.498. The summed E-state index contributed by atoms with van der Waals surface area (Å²) in [5.41, 5.74) is 1.72. The summed E-state index contributed by atoms with van der Waals surface area (Å²) in [6, 6.07) is 13.9. The first-order chi connectivity index (χ1) is 12.8. The zero-order valence-electron chi connectivity index (χ0n) is 14.7. The van der Waals surface area contributed by atoms with Crippen LogP contribution in [-0.4, -0.2) is 47.6 Å². The Hall–Kier alpha value is -2.79. The van der Waals surface area contributed by atoms with Gasteiger partial charge in [0.05, 0.1) is 6.61 Å². The van der Waals surface area contributed by atoms with Crippen molar-refractivity contribution < 1.29 is 9.53 Å². The normalized spacial score (nSPS) is 19.8. The summed E-state index contributed by atoms with van der Waals surface area (Å²) in [4.78, 5) is 23.6. The number of rotatable bonds is 4. The molecule has 1 saturated heterocycles. The van der Waals surface area contributed by atoms with Crippen molar-refractivity contribution in [2.24, 2.45) is 5.92 Å². The van der Waals surface area contributed by atoms with E-state index in [1.54, 1.807) is 25.7 Å². The SMILES string of the molecule is COC[C@@H]1CN(C(=O)c2nccc3ccccc23)C[C@H]1c1ccncc1. The molecule has 0 saturated carbocycles. The van der Waals surface area contributed by atoms with Crippen LogP contribution in [0.3, 0.4) is 0 Å². The molecule has 1 amide bonds. The number of nitrogens with zero attached hydrogens (tertiary/aromatic N) is 3. The van der Waals surface area contributed by atoms with Crippen LogP contribution in [0.15, 0.2) is 61.1 Å². The zero-order chi connectivity index (χ0) is 17.9. The molecule has 2 aromatic heterocycles. The Labute approximate surface area is 152 Å². The summed E-state index contributed by atoms with van der Waals surface area (Å²) in [6.45, 7) is 1.96. The number of likely N-dealkylation sites (tertiary alicyclic amines) is 1. The maximum atomic E-state index is 13.2. The molecule has 0 radical (unpaired) electrons. The lowest BCUT2D eigenvalue weighted by Gasteiger charge is -2.17. The Morgan fingerprint density at radius 2 is 1.92 bits per heavy atom. The molecule has 1 fully saturated rings. The van der Waals surface area contributed by atoms with E-state index in [0.29, 0.717) is 25.4 Å². The molecule has 5 nitrogen and oxygen atoms in total. The highest BCUT2D eigenvalue weighted by atomic mass is 16.5. The number of benzene rings is 1. The molecular formula is C21H21N3O2. The molecule has 0 N–H and O–H groups in total. The number of amides is 1. The lowest BCUT2D eigenvalue weighted by molar-refractivity contribution is 0.0772. The van der Waals surface area contributed by atoms with Gasteiger partial charge in [-0.1, -0.05) is 24.3 Å². The number of methoxy groups -OCH3 is 1. The van der Waals surface area contributed by atoms with Gasteiger partial charge >= 0.3 is 0 Å². The van der Waals surface area contributed by atoms with Crippen molar-refractivity contribution in [2.45, 2.75) is 5.92 Å². The Morgan fingerprint density at radius 1 is 1.12 bits per heavy atom. The van der Waals surface area contributed by atoms with Crippen molar-refractivity contribution in [3.63, 3.8) is 0 Å². The molecule has 1 aliphatic heterocycles. The van der Waals surface area contributed by atoms with Gasteiger partial charge in [-0.05, 0) is 29.1 Å². The number of hydrogen-bond acceptors (Lipinski definition) is 4. The Bertz CT molecular complexity index is 908. The van der Waals surface area contributed by atoms with Crippen molar-refractivity contribution >= 4 is 16.7 Å². The fraction of sp³-hybridized carbons (Fsp3) is 0.286. The van der Waals surface area contributed by atoms with E-state index in [-0.39, 0.29) is 17.7 Å². The molecule has 0 bridgehead atoms. The summed E-state index contributed by atoms with van der Waals surface area (Å²) >= 11 is 0. The minimum Gasteiger partial charge on any atom is -0.384 e. The smallest absolute Gasteiger partial charge is 0.273 e. The van der Waals surface area contributed by atoms with E-state index in [2.05, 4.69) is 9.97 Å². The molecule has 3 aromatic rings. The van der Waals surface area contributed by atoms with Gasteiger partial charge in [0.25, 0.3) is 5.91 Å². The third kappa shape index (κ3) is 3.06. The van der Waals surface area contributed by atoms with Gasteiger partial charge in [-0.2, -0.15) is 0 Å². The second kappa shape index (κ2) is 7.22. The number of fused-ring (bicyclic) bond motifs is 1. The summed E-state index contributed by atoms with van der Waals surface area (Å²) < 4.78 is 5.41. The van der Waals surface area contributed by atoms with E-state index in [0.717, 1.165) is 10.8 Å². The van der Waals surface area contributed by atoms with Gasteiger partial charge in [0.15, 0.2) is 0 Å². The maximum absolute atomic E-state index is 13.2. The van der Waals surface area contributed by atoms with Gasteiger partial charge in [-0.15, -0.1) is 0 Å². The molecule has 2 atom stereocenters. The highest BCUT2D eigenvalue weighted by Crippen LogP contribution is 2.33. The third-order valence-corrected chi connectivity index (χ3v) is 5.12. The average molecular weight is 347 g/mol. The van der Waals surface area contributed by atoms with Crippen LogP contribution < -0.4 is 0 Å². The van der Waals surface area contributed by atoms with Gasteiger partial charge < -0.3 is 9.64 Å². The third-order valence-electron chi connectivity index (χ3n) is 5.12. The van der Waals surface area contributed by atoms with Crippen LogP contribution in [0.25, 0.3) is 10.8 Å². The lowest BCUT2D eigenvalue weighted by atomic mass is 9.90. The van der Waals surface area contributed by atoms with Gasteiger partial charge in [0, 0.05) is 56.0 Å². The van der Waals surface area contributed by atoms with Gasteiger partial charge in [-0.25, -0.2) is 0 Å². The summed E-state index contributed by atoms with van der Waals surface area (Å²) in [5, 5.41) is 1.93. The molecule has 3 heterocycles. The number of pyridine rings is 2. The van der Waals surface area contributed by atoms with E-state index in [1.807, 2.05) is 47.4 Å². The topological polar surface area (TPSA) is 55.3 Å². The molecule has 0 spiro atoms. The number of ether oxygens (including phenoxy) is 1. The first-order valence-electron chi connectivity index (χ1n) is 8.80. The Morgan fingerprint density at radius 3 is 2.73 bits per heavy atom. The highest BCUT2D eigenvalue weighted by Gasteiger charge is 2.37. The second-order valence-electron chi connectivity index (χ2n) is 6.69. The van der Waals surface area contributed by atoms with E-state index < -0.39 is 0 Å². The minimum absolute atomic E-state index is 0.0144. The fourth-order valence-electron chi connectivity index (χ4n) is 3.85. The van der Waals surface area contributed by atoms with Crippen molar-refractivity contribution in [1.29, 1.82) is 0 Å². The van der Waals surface area contributed by atoms with Crippen molar-refractivity contribution in [3.05, 3.63) is 72.3 Å². The van der Waals surface area contributed by atoms with Gasteiger partial charge in [-0.3, -0.25) is 14.8 Å². The molecular weight excluding hydrogens is 326 g/mol. The monoisotopic (exact) mass is 347 g/mol. The number of carbonyl (C=O) groups excluding carboxylic acids is 1. The molecule has 1 aliphatic rings. The van der Waals surface area contributed by atoms with Gasteiger partial charge in [0.2, 0.25) is 0 Å². The quantitative estimate of drug-likeness (QED) is 0.728. The second-order valence-corrected chi connectivity index (χ2v) is 6.69. The number of aromatic nitrogens is 2. The first kappa shape index (κ1) is 16.7. The average Bonchev–Trinajstić information content (AvgIpc) is 3.12. The largest absolute Gasteiger partial charge is 0.384 e. The van der Waals surface area contributed by atoms with E-state index >= 15 is 0 Å². The van der Waals surface area contributed by atoms with Crippen LogP contribution >= 0.6 is 0 Å². The van der Waals surface area contributed by atoms with Crippen LogP contribution in [0.4, 0.5) is 0 Å².